The number of Topliss-reactive ketones (excluding diaryl/α,β-unsaturated/α-hetero) is 1. The number of rotatable bonds is 3. The Morgan fingerprint density at radius 3 is 2.71 bits per heavy atom. The number of carbonyl (C=O) groups is 3. The van der Waals surface area contributed by atoms with Crippen LogP contribution in [0, 0.1) is 6.92 Å². The normalized spacial score (nSPS) is 21.6. The molecule has 0 fully saturated rings. The van der Waals surface area contributed by atoms with Gasteiger partial charge in [-0.2, -0.15) is 0 Å². The third kappa shape index (κ3) is 2.93. The second-order valence-corrected chi connectivity index (χ2v) is 9.03. The maximum absolute atomic E-state index is 13.9. The van der Waals surface area contributed by atoms with Crippen molar-refractivity contribution in [1.29, 1.82) is 0 Å². The molecule has 5 rings (SSSR count). The number of amides is 1. The van der Waals surface area contributed by atoms with Gasteiger partial charge in [0.2, 0.25) is 5.91 Å². The molecule has 0 bridgehead atoms. The summed E-state index contributed by atoms with van der Waals surface area (Å²) >= 11 is 6.54. The third-order valence-corrected chi connectivity index (χ3v) is 6.96. The lowest BCUT2D eigenvalue weighted by Gasteiger charge is -2.44. The van der Waals surface area contributed by atoms with Crippen molar-refractivity contribution < 1.29 is 19.1 Å². The summed E-state index contributed by atoms with van der Waals surface area (Å²) in [4.78, 5) is 42.6. The Balaban J connectivity index is 1.92. The summed E-state index contributed by atoms with van der Waals surface area (Å²) in [6.45, 7) is 3.66. The lowest BCUT2D eigenvalue weighted by atomic mass is 9.63. The van der Waals surface area contributed by atoms with Crippen LogP contribution < -0.4 is 16.0 Å². The highest BCUT2D eigenvalue weighted by Gasteiger charge is 2.62. The maximum atomic E-state index is 13.9. The molecule has 1 atom stereocenters. The van der Waals surface area contributed by atoms with E-state index in [0.29, 0.717) is 40.5 Å². The van der Waals surface area contributed by atoms with Gasteiger partial charge in [-0.25, -0.2) is 4.79 Å². The number of halogens is 1. The van der Waals surface area contributed by atoms with Crippen molar-refractivity contribution in [3.8, 4) is 0 Å². The van der Waals surface area contributed by atoms with Crippen molar-refractivity contribution in [2.75, 3.05) is 16.8 Å². The van der Waals surface area contributed by atoms with E-state index in [2.05, 4.69) is 5.32 Å². The number of ether oxygens (including phenoxy) is 1. The van der Waals surface area contributed by atoms with Gasteiger partial charge in [0.25, 0.3) is 0 Å². The molecule has 8 heteroatoms. The van der Waals surface area contributed by atoms with E-state index in [1.807, 2.05) is 19.1 Å². The summed E-state index contributed by atoms with van der Waals surface area (Å²) in [6.07, 6.45) is 1.36. The van der Waals surface area contributed by atoms with Crippen molar-refractivity contribution in [3.63, 3.8) is 0 Å². The number of benzene rings is 2. The number of hydrogen-bond acceptors (Lipinski definition) is 6. The average molecular weight is 478 g/mol. The first-order valence-electron chi connectivity index (χ1n) is 11.2. The molecule has 1 unspecified atom stereocenters. The first-order chi connectivity index (χ1) is 16.3. The minimum atomic E-state index is -1.69. The summed E-state index contributed by atoms with van der Waals surface area (Å²) in [5, 5.41) is 3.29. The van der Waals surface area contributed by atoms with E-state index in [-0.39, 0.29) is 35.8 Å². The van der Waals surface area contributed by atoms with E-state index in [9.17, 15) is 14.4 Å². The number of fused-ring (bicyclic) bond motifs is 3. The van der Waals surface area contributed by atoms with Gasteiger partial charge in [-0.1, -0.05) is 41.4 Å². The van der Waals surface area contributed by atoms with Crippen LogP contribution in [0.25, 0.3) is 0 Å². The van der Waals surface area contributed by atoms with Gasteiger partial charge in [-0.15, -0.1) is 0 Å². The monoisotopic (exact) mass is 477 g/mol. The summed E-state index contributed by atoms with van der Waals surface area (Å²) in [6, 6.07) is 12.5. The number of aryl methyl sites for hydroxylation is 1. The van der Waals surface area contributed by atoms with Crippen LogP contribution in [0.15, 0.2) is 65.1 Å². The van der Waals surface area contributed by atoms with Gasteiger partial charge in [0.15, 0.2) is 5.78 Å². The van der Waals surface area contributed by atoms with E-state index < -0.39 is 17.3 Å². The molecule has 1 aliphatic carbocycles. The largest absolute Gasteiger partial charge is 0.462 e. The predicted molar refractivity (Wildman–Crippen MR) is 129 cm³/mol. The number of nitrogens with one attached hydrogen (secondary N) is 1. The molecule has 7 nitrogen and oxygen atoms in total. The third-order valence-electron chi connectivity index (χ3n) is 6.64. The second kappa shape index (κ2) is 8.02. The molecule has 1 spiro atoms. The zero-order valence-electron chi connectivity index (χ0n) is 18.9. The van der Waals surface area contributed by atoms with Crippen molar-refractivity contribution >= 4 is 40.6 Å². The van der Waals surface area contributed by atoms with Crippen LogP contribution in [0.4, 0.5) is 11.4 Å². The lowest BCUT2D eigenvalue weighted by molar-refractivity contribution is -0.140. The number of esters is 1. The summed E-state index contributed by atoms with van der Waals surface area (Å²) in [7, 11) is 0. The van der Waals surface area contributed by atoms with E-state index >= 15 is 0 Å². The fourth-order valence-electron chi connectivity index (χ4n) is 5.33. The van der Waals surface area contributed by atoms with E-state index in [1.54, 1.807) is 42.2 Å². The summed E-state index contributed by atoms with van der Waals surface area (Å²) in [5.41, 5.74) is 8.32. The van der Waals surface area contributed by atoms with Crippen LogP contribution in [0.3, 0.4) is 0 Å². The maximum Gasteiger partial charge on any atom is 0.339 e. The van der Waals surface area contributed by atoms with Gasteiger partial charge in [0, 0.05) is 28.9 Å². The Morgan fingerprint density at radius 1 is 1.21 bits per heavy atom. The molecule has 2 aliphatic heterocycles. The summed E-state index contributed by atoms with van der Waals surface area (Å²) in [5.74, 6) is -1.39. The van der Waals surface area contributed by atoms with Crippen LogP contribution in [0.2, 0.25) is 5.02 Å². The van der Waals surface area contributed by atoms with E-state index in [4.69, 9.17) is 22.1 Å². The number of carbonyl (C=O) groups excluding carboxylic acids is 3. The summed E-state index contributed by atoms with van der Waals surface area (Å²) < 4.78 is 5.41. The zero-order chi connectivity index (χ0) is 24.2. The lowest BCUT2D eigenvalue weighted by Crippen LogP contribution is -2.53. The van der Waals surface area contributed by atoms with Gasteiger partial charge in [0.1, 0.15) is 16.8 Å². The number of ketones is 1. The van der Waals surface area contributed by atoms with Crippen LogP contribution in [-0.4, -0.2) is 24.3 Å². The second-order valence-electron chi connectivity index (χ2n) is 8.62. The molecule has 174 valence electrons. The molecule has 0 saturated heterocycles. The zero-order valence-corrected chi connectivity index (χ0v) is 19.7. The molecule has 0 aromatic heterocycles. The topological polar surface area (TPSA) is 102 Å². The highest BCUT2D eigenvalue weighted by Crippen LogP contribution is 2.56. The number of allylic oxidation sites excluding steroid dienone is 1. The Hall–Kier alpha value is -3.58. The number of anilines is 2. The van der Waals surface area contributed by atoms with Gasteiger partial charge in [-0.3, -0.25) is 14.5 Å². The van der Waals surface area contributed by atoms with Crippen LogP contribution in [-0.2, 0) is 24.5 Å². The number of hydrogen-bond donors (Lipinski definition) is 2. The first kappa shape index (κ1) is 22.2. The molecule has 2 aromatic carbocycles. The highest BCUT2D eigenvalue weighted by atomic mass is 35.5. The smallest absolute Gasteiger partial charge is 0.339 e. The molecule has 2 aromatic rings. The predicted octanol–water partition coefficient (Wildman–Crippen LogP) is 4.10. The standard InChI is InChI=1S/C26H24ClN3O4/c1-3-34-24(32)22-23(28)30(18-8-5-4-7-16(18)27)19-9-6-10-20(31)21(19)26(22)15-13-14(2)11-12-17(15)29-25(26)33/h4-5,7-8,11-13H,3,6,9-10,28H2,1-2H3,(H,29,33). The molecule has 34 heavy (non-hydrogen) atoms. The Kier molecular flexibility index (Phi) is 5.24. The number of nitrogens with zero attached hydrogens (tertiary/aromatic N) is 1. The molecule has 0 saturated carbocycles. The highest BCUT2D eigenvalue weighted by molar-refractivity contribution is 6.33. The number of nitrogens with two attached hydrogens (primary N) is 1. The Labute approximate surface area is 202 Å². The molecule has 0 radical (unpaired) electrons. The minimum Gasteiger partial charge on any atom is -0.462 e. The van der Waals surface area contributed by atoms with E-state index in [0.717, 1.165) is 5.56 Å². The van der Waals surface area contributed by atoms with Gasteiger partial charge >= 0.3 is 5.97 Å². The van der Waals surface area contributed by atoms with Gasteiger partial charge in [0.05, 0.1) is 17.3 Å². The van der Waals surface area contributed by atoms with Crippen molar-refractivity contribution in [2.45, 2.75) is 38.5 Å². The fraction of sp³-hybridized carbons (Fsp3) is 0.269. The van der Waals surface area contributed by atoms with Crippen molar-refractivity contribution in [2.24, 2.45) is 5.73 Å². The van der Waals surface area contributed by atoms with Crippen molar-refractivity contribution in [3.05, 3.63) is 81.3 Å². The first-order valence-corrected chi connectivity index (χ1v) is 11.6. The quantitative estimate of drug-likeness (QED) is 0.645. The Bertz CT molecular complexity index is 1330. The minimum absolute atomic E-state index is 0.0320. The SMILES string of the molecule is CCOC(=O)C1=C(N)N(c2ccccc2Cl)C2=C(C(=O)CCC2)C12C(=O)Nc1ccc(C)cc12. The number of para-hydroxylation sites is 1. The van der Waals surface area contributed by atoms with Gasteiger partial charge in [-0.05, 0) is 44.9 Å². The molecule has 3 N–H and O–H groups in total. The molecular weight excluding hydrogens is 454 g/mol. The van der Waals surface area contributed by atoms with Gasteiger partial charge < -0.3 is 15.8 Å². The fourth-order valence-corrected chi connectivity index (χ4v) is 5.55. The van der Waals surface area contributed by atoms with Crippen LogP contribution >= 0.6 is 11.6 Å². The molecular formula is C26H24ClN3O4. The molecule has 2 heterocycles. The van der Waals surface area contributed by atoms with Crippen LogP contribution in [0.1, 0.15) is 37.3 Å². The average Bonchev–Trinajstić information content (AvgIpc) is 3.07. The van der Waals surface area contributed by atoms with Crippen LogP contribution in [0.5, 0.6) is 0 Å². The molecule has 3 aliphatic rings. The Morgan fingerprint density at radius 2 is 1.97 bits per heavy atom. The van der Waals surface area contributed by atoms with E-state index in [1.165, 1.54) is 0 Å². The van der Waals surface area contributed by atoms with Crippen molar-refractivity contribution in [1.82, 2.24) is 0 Å². The molecule has 1 amide bonds.